The van der Waals surface area contributed by atoms with Crippen molar-refractivity contribution in [2.45, 2.75) is 83.0 Å². The van der Waals surface area contributed by atoms with E-state index >= 15 is 0 Å². The van der Waals surface area contributed by atoms with Crippen LogP contribution in [0, 0.1) is 0 Å². The minimum atomic E-state index is -4.13. The van der Waals surface area contributed by atoms with Crippen LogP contribution in [0.2, 0.25) is 0 Å². The maximum absolute atomic E-state index is 11.6. The van der Waals surface area contributed by atoms with Crippen LogP contribution in [0.1, 0.15) is 76.3 Å². The Morgan fingerprint density at radius 2 is 1.45 bits per heavy atom. The van der Waals surface area contributed by atoms with E-state index in [2.05, 4.69) is 13.8 Å². The molecular formula is C18H30O3S. The molecule has 1 aromatic rings. The van der Waals surface area contributed by atoms with Gasteiger partial charge >= 0.3 is 0 Å². The molecule has 0 saturated heterocycles. The minimum Gasteiger partial charge on any atom is -0.282 e. The van der Waals surface area contributed by atoms with Gasteiger partial charge in [-0.15, -0.1) is 0 Å². The third kappa shape index (κ3) is 6.93. The average molecular weight is 327 g/mol. The van der Waals surface area contributed by atoms with Crippen molar-refractivity contribution in [1.82, 2.24) is 0 Å². The molecule has 0 amide bonds. The molecule has 0 bridgehead atoms. The summed E-state index contributed by atoms with van der Waals surface area (Å²) >= 11 is 0. The summed E-state index contributed by atoms with van der Waals surface area (Å²) in [4.78, 5) is 0.108. The summed E-state index contributed by atoms with van der Waals surface area (Å²) in [5.74, 6) is 0. The summed E-state index contributed by atoms with van der Waals surface area (Å²) in [6.07, 6.45) is 10.6. The third-order valence-electron chi connectivity index (χ3n) is 4.03. The molecule has 0 radical (unpaired) electrons. The van der Waals surface area contributed by atoms with Gasteiger partial charge in [0.2, 0.25) is 0 Å². The van der Waals surface area contributed by atoms with Gasteiger partial charge < -0.3 is 0 Å². The highest BCUT2D eigenvalue weighted by Gasteiger charge is 2.15. The van der Waals surface area contributed by atoms with Crippen molar-refractivity contribution >= 4 is 10.1 Å². The Hall–Kier alpha value is -0.870. The summed E-state index contributed by atoms with van der Waals surface area (Å²) in [5.41, 5.74) is 1.75. The van der Waals surface area contributed by atoms with E-state index in [1.165, 1.54) is 12.8 Å². The molecule has 3 nitrogen and oxygen atoms in total. The summed E-state index contributed by atoms with van der Waals surface area (Å²) < 4.78 is 32.7. The standard InChI is InChI=1S/C18H30O3S/c1-3-5-7-9-11-16-13-14-17(12-10-8-6-4-2)18(15-16)22(19,20)21/h13-15H,3-12H2,1-2H3,(H,19,20,21). The van der Waals surface area contributed by atoms with Crippen molar-refractivity contribution < 1.29 is 13.0 Å². The van der Waals surface area contributed by atoms with Crippen LogP contribution in [0.25, 0.3) is 0 Å². The Morgan fingerprint density at radius 3 is 2.00 bits per heavy atom. The van der Waals surface area contributed by atoms with E-state index in [0.717, 1.165) is 56.1 Å². The van der Waals surface area contributed by atoms with Gasteiger partial charge in [-0.25, -0.2) is 0 Å². The molecule has 1 aromatic carbocycles. The predicted octanol–water partition coefficient (Wildman–Crippen LogP) is 5.18. The van der Waals surface area contributed by atoms with Crippen LogP contribution in [0.4, 0.5) is 0 Å². The molecule has 0 aliphatic heterocycles. The molecule has 0 saturated carbocycles. The molecule has 126 valence electrons. The molecule has 1 N–H and O–H groups in total. The first-order valence-corrected chi connectivity index (χ1v) is 10.0. The molecule has 0 unspecified atom stereocenters. The Morgan fingerprint density at radius 1 is 0.864 bits per heavy atom. The zero-order valence-electron chi connectivity index (χ0n) is 14.0. The van der Waals surface area contributed by atoms with Crippen LogP contribution in [0.3, 0.4) is 0 Å². The Balaban J connectivity index is 2.76. The number of unbranched alkanes of at least 4 members (excludes halogenated alkanes) is 6. The van der Waals surface area contributed by atoms with E-state index < -0.39 is 10.1 Å². The Kier molecular flexibility index (Phi) is 8.72. The molecular weight excluding hydrogens is 296 g/mol. The minimum absolute atomic E-state index is 0.108. The van der Waals surface area contributed by atoms with Crippen molar-refractivity contribution in [2.24, 2.45) is 0 Å². The number of hydrogen-bond acceptors (Lipinski definition) is 2. The first-order valence-electron chi connectivity index (χ1n) is 8.58. The van der Waals surface area contributed by atoms with E-state index in [1.807, 2.05) is 12.1 Å². The van der Waals surface area contributed by atoms with Crippen molar-refractivity contribution in [3.05, 3.63) is 29.3 Å². The van der Waals surface area contributed by atoms with Gasteiger partial charge in [0.1, 0.15) is 0 Å². The van der Waals surface area contributed by atoms with Gasteiger partial charge in [0.25, 0.3) is 10.1 Å². The number of aryl methyl sites for hydroxylation is 2. The highest BCUT2D eigenvalue weighted by atomic mass is 32.2. The van der Waals surface area contributed by atoms with Gasteiger partial charge in [-0.3, -0.25) is 4.55 Å². The fourth-order valence-corrected chi connectivity index (χ4v) is 3.50. The first kappa shape index (κ1) is 19.2. The molecule has 0 atom stereocenters. The molecule has 0 fully saturated rings. The van der Waals surface area contributed by atoms with Crippen molar-refractivity contribution in [3.63, 3.8) is 0 Å². The lowest BCUT2D eigenvalue weighted by molar-refractivity contribution is 0.481. The summed E-state index contributed by atoms with van der Waals surface area (Å²) in [5, 5.41) is 0. The van der Waals surface area contributed by atoms with Crippen LogP contribution >= 0.6 is 0 Å². The average Bonchev–Trinajstić information content (AvgIpc) is 2.48. The van der Waals surface area contributed by atoms with Crippen LogP contribution in [0.5, 0.6) is 0 Å². The smallest absolute Gasteiger partial charge is 0.282 e. The van der Waals surface area contributed by atoms with Gasteiger partial charge in [-0.1, -0.05) is 64.5 Å². The largest absolute Gasteiger partial charge is 0.294 e. The maximum Gasteiger partial charge on any atom is 0.294 e. The summed E-state index contributed by atoms with van der Waals surface area (Å²) in [6, 6.07) is 5.55. The van der Waals surface area contributed by atoms with Crippen molar-refractivity contribution in [3.8, 4) is 0 Å². The lowest BCUT2D eigenvalue weighted by Crippen LogP contribution is -2.05. The summed E-state index contributed by atoms with van der Waals surface area (Å²) in [6.45, 7) is 4.32. The molecule has 4 heteroatoms. The van der Waals surface area contributed by atoms with Gasteiger partial charge in [0.05, 0.1) is 4.90 Å². The molecule has 0 heterocycles. The van der Waals surface area contributed by atoms with Crippen LogP contribution in [0.15, 0.2) is 23.1 Å². The van der Waals surface area contributed by atoms with Gasteiger partial charge in [0.15, 0.2) is 0 Å². The second-order valence-electron chi connectivity index (χ2n) is 6.04. The van der Waals surface area contributed by atoms with Crippen LogP contribution < -0.4 is 0 Å². The normalized spacial score (nSPS) is 11.8. The Bertz CT molecular complexity index is 535. The summed E-state index contributed by atoms with van der Waals surface area (Å²) in [7, 11) is -4.13. The predicted molar refractivity (Wildman–Crippen MR) is 91.9 cm³/mol. The van der Waals surface area contributed by atoms with Crippen molar-refractivity contribution in [2.75, 3.05) is 0 Å². The zero-order valence-corrected chi connectivity index (χ0v) is 14.8. The van der Waals surface area contributed by atoms with Gasteiger partial charge in [-0.05, 0) is 42.9 Å². The fourth-order valence-electron chi connectivity index (χ4n) is 2.70. The third-order valence-corrected chi connectivity index (χ3v) is 4.96. The second kappa shape index (κ2) is 10.0. The highest BCUT2D eigenvalue weighted by molar-refractivity contribution is 7.85. The molecule has 1 rings (SSSR count). The molecule has 22 heavy (non-hydrogen) atoms. The van der Waals surface area contributed by atoms with E-state index in [0.29, 0.717) is 6.42 Å². The first-order chi connectivity index (χ1) is 10.5. The topological polar surface area (TPSA) is 54.4 Å². The second-order valence-corrected chi connectivity index (χ2v) is 7.43. The van der Waals surface area contributed by atoms with Gasteiger partial charge in [0, 0.05) is 0 Å². The van der Waals surface area contributed by atoms with Gasteiger partial charge in [-0.2, -0.15) is 8.42 Å². The maximum atomic E-state index is 11.6. The zero-order chi connectivity index (χ0) is 16.4. The number of benzene rings is 1. The highest BCUT2D eigenvalue weighted by Crippen LogP contribution is 2.21. The van der Waals surface area contributed by atoms with Crippen LogP contribution in [-0.2, 0) is 23.0 Å². The Labute approximate surface area is 135 Å². The van der Waals surface area contributed by atoms with Crippen molar-refractivity contribution in [1.29, 1.82) is 0 Å². The van der Waals surface area contributed by atoms with E-state index in [4.69, 9.17) is 0 Å². The molecule has 0 aliphatic rings. The lowest BCUT2D eigenvalue weighted by atomic mass is 10.0. The van der Waals surface area contributed by atoms with Crippen LogP contribution in [-0.4, -0.2) is 13.0 Å². The van der Waals surface area contributed by atoms with E-state index in [9.17, 15) is 13.0 Å². The number of hydrogen-bond donors (Lipinski definition) is 1. The number of rotatable bonds is 11. The SMILES string of the molecule is CCCCCCc1ccc(CCCCCC)c(S(=O)(=O)O)c1. The fraction of sp³-hybridized carbons (Fsp3) is 0.667. The van der Waals surface area contributed by atoms with E-state index in [1.54, 1.807) is 6.07 Å². The molecule has 0 aliphatic carbocycles. The lowest BCUT2D eigenvalue weighted by Gasteiger charge is -2.10. The van der Waals surface area contributed by atoms with E-state index in [-0.39, 0.29) is 4.90 Å². The quantitative estimate of drug-likeness (QED) is 0.450. The monoisotopic (exact) mass is 326 g/mol. The molecule has 0 spiro atoms. The molecule has 0 aromatic heterocycles.